The molecule has 2 heterocycles. The lowest BCUT2D eigenvalue weighted by Crippen LogP contribution is -2.58. The summed E-state index contributed by atoms with van der Waals surface area (Å²) in [6.07, 6.45) is 0. The van der Waals surface area contributed by atoms with Crippen LogP contribution < -0.4 is 4.74 Å². The number of piperazine rings is 1. The molecule has 0 spiro atoms. The molecule has 132 valence electrons. The van der Waals surface area contributed by atoms with E-state index in [1.54, 1.807) is 25.9 Å². The second kappa shape index (κ2) is 6.92. The standard InChI is InChI=1S/C17H20N4O4/c1-11-17(23)20(8-13-4-6-14(24-3)7-5-13)10-16(22)21(11)9-15-18-12(2)19-25-15/h4-7,11H,8-10H2,1-3H3/t11-/m0/s1. The van der Waals surface area contributed by atoms with Gasteiger partial charge in [-0.2, -0.15) is 4.98 Å². The molecule has 3 rings (SSSR count). The molecule has 1 aromatic heterocycles. The second-order valence-corrected chi connectivity index (χ2v) is 5.98. The van der Waals surface area contributed by atoms with E-state index in [-0.39, 0.29) is 24.9 Å². The Morgan fingerprint density at radius 2 is 1.96 bits per heavy atom. The first-order valence-electron chi connectivity index (χ1n) is 7.98. The number of aryl methyl sites for hydroxylation is 1. The molecule has 8 nitrogen and oxygen atoms in total. The van der Waals surface area contributed by atoms with Crippen LogP contribution in [0.3, 0.4) is 0 Å². The van der Waals surface area contributed by atoms with Crippen molar-refractivity contribution in [2.75, 3.05) is 13.7 Å². The SMILES string of the molecule is COc1ccc(CN2CC(=O)N(Cc3nc(C)no3)[C@@H](C)C2=O)cc1. The average molecular weight is 344 g/mol. The Labute approximate surface area is 145 Å². The molecule has 0 unspecified atom stereocenters. The second-order valence-electron chi connectivity index (χ2n) is 5.98. The zero-order valence-electron chi connectivity index (χ0n) is 14.4. The van der Waals surface area contributed by atoms with Gasteiger partial charge in [0.05, 0.1) is 7.11 Å². The number of amides is 2. The highest BCUT2D eigenvalue weighted by Crippen LogP contribution is 2.19. The third kappa shape index (κ3) is 3.62. The van der Waals surface area contributed by atoms with Gasteiger partial charge in [-0.3, -0.25) is 9.59 Å². The fourth-order valence-corrected chi connectivity index (χ4v) is 2.81. The zero-order valence-corrected chi connectivity index (χ0v) is 14.4. The van der Waals surface area contributed by atoms with Crippen molar-refractivity contribution in [1.82, 2.24) is 19.9 Å². The Balaban J connectivity index is 1.68. The van der Waals surface area contributed by atoms with Crippen LogP contribution in [-0.2, 0) is 22.7 Å². The third-order valence-electron chi connectivity index (χ3n) is 4.19. The lowest BCUT2D eigenvalue weighted by atomic mass is 10.1. The first-order valence-corrected chi connectivity index (χ1v) is 7.98. The summed E-state index contributed by atoms with van der Waals surface area (Å²) < 4.78 is 10.2. The maximum atomic E-state index is 12.6. The Morgan fingerprint density at radius 3 is 2.56 bits per heavy atom. The zero-order chi connectivity index (χ0) is 18.0. The van der Waals surface area contributed by atoms with E-state index in [0.717, 1.165) is 11.3 Å². The van der Waals surface area contributed by atoms with Crippen molar-refractivity contribution in [3.05, 3.63) is 41.5 Å². The first kappa shape index (κ1) is 16.9. The Morgan fingerprint density at radius 1 is 1.24 bits per heavy atom. The van der Waals surface area contributed by atoms with Crippen molar-refractivity contribution in [3.8, 4) is 5.75 Å². The molecular weight excluding hydrogens is 324 g/mol. The Bertz CT molecular complexity index is 771. The van der Waals surface area contributed by atoms with Gasteiger partial charge in [-0.1, -0.05) is 17.3 Å². The van der Waals surface area contributed by atoms with E-state index in [1.807, 2.05) is 24.3 Å². The lowest BCUT2D eigenvalue weighted by Gasteiger charge is -2.38. The predicted octanol–water partition coefficient (Wildman–Crippen LogP) is 1.15. The highest BCUT2D eigenvalue weighted by molar-refractivity contribution is 5.94. The highest BCUT2D eigenvalue weighted by atomic mass is 16.5. The van der Waals surface area contributed by atoms with Crippen molar-refractivity contribution < 1.29 is 18.8 Å². The molecule has 2 aromatic rings. The van der Waals surface area contributed by atoms with Crippen molar-refractivity contribution >= 4 is 11.8 Å². The number of benzene rings is 1. The van der Waals surface area contributed by atoms with Crippen LogP contribution in [0.4, 0.5) is 0 Å². The van der Waals surface area contributed by atoms with E-state index >= 15 is 0 Å². The Kier molecular flexibility index (Phi) is 4.69. The number of methoxy groups -OCH3 is 1. The number of rotatable bonds is 5. The molecule has 0 N–H and O–H groups in total. The summed E-state index contributed by atoms with van der Waals surface area (Å²) in [5.41, 5.74) is 0.940. The third-order valence-corrected chi connectivity index (χ3v) is 4.19. The maximum Gasteiger partial charge on any atom is 0.246 e. The van der Waals surface area contributed by atoms with Crippen molar-refractivity contribution in [2.45, 2.75) is 33.0 Å². The average Bonchev–Trinajstić information content (AvgIpc) is 3.02. The quantitative estimate of drug-likeness (QED) is 0.808. The minimum Gasteiger partial charge on any atom is -0.497 e. The van der Waals surface area contributed by atoms with Gasteiger partial charge in [-0.15, -0.1) is 0 Å². The number of ether oxygens (including phenoxy) is 1. The molecule has 0 aliphatic carbocycles. The molecule has 1 saturated heterocycles. The van der Waals surface area contributed by atoms with E-state index in [9.17, 15) is 9.59 Å². The summed E-state index contributed by atoms with van der Waals surface area (Å²) in [5, 5.41) is 3.71. The number of hydrogen-bond donors (Lipinski definition) is 0. The summed E-state index contributed by atoms with van der Waals surface area (Å²) in [5.74, 6) is 1.33. The molecule has 0 radical (unpaired) electrons. The number of carbonyl (C=O) groups excluding carboxylic acids is 2. The van der Waals surface area contributed by atoms with Gasteiger partial charge in [0.15, 0.2) is 5.82 Å². The van der Waals surface area contributed by atoms with Crippen LogP contribution in [0.1, 0.15) is 24.2 Å². The Hall–Kier alpha value is -2.90. The smallest absolute Gasteiger partial charge is 0.246 e. The molecule has 25 heavy (non-hydrogen) atoms. The van der Waals surface area contributed by atoms with Crippen LogP contribution >= 0.6 is 0 Å². The summed E-state index contributed by atoms with van der Waals surface area (Å²) >= 11 is 0. The molecule has 1 aliphatic rings. The number of carbonyl (C=O) groups is 2. The first-order chi connectivity index (χ1) is 12.0. The number of aromatic nitrogens is 2. The summed E-state index contributed by atoms with van der Waals surface area (Å²) in [7, 11) is 1.60. The van der Waals surface area contributed by atoms with Crippen LogP contribution in [0.5, 0.6) is 5.75 Å². The van der Waals surface area contributed by atoms with Crippen LogP contribution in [0.15, 0.2) is 28.8 Å². The molecule has 0 bridgehead atoms. The fraction of sp³-hybridized carbons (Fsp3) is 0.412. The molecule has 2 amide bonds. The van der Waals surface area contributed by atoms with Crippen molar-refractivity contribution in [3.63, 3.8) is 0 Å². The molecule has 0 saturated carbocycles. The summed E-state index contributed by atoms with van der Waals surface area (Å²) in [4.78, 5) is 32.3. The topological polar surface area (TPSA) is 88.8 Å². The van der Waals surface area contributed by atoms with E-state index in [0.29, 0.717) is 18.3 Å². The largest absolute Gasteiger partial charge is 0.497 e. The molecule has 1 atom stereocenters. The fourth-order valence-electron chi connectivity index (χ4n) is 2.81. The molecule has 1 aliphatic heterocycles. The number of hydrogen-bond acceptors (Lipinski definition) is 6. The lowest BCUT2D eigenvalue weighted by molar-refractivity contribution is -0.156. The maximum absolute atomic E-state index is 12.6. The van der Waals surface area contributed by atoms with Gasteiger partial charge in [0, 0.05) is 6.54 Å². The minimum absolute atomic E-state index is 0.0301. The van der Waals surface area contributed by atoms with Gasteiger partial charge in [-0.25, -0.2) is 0 Å². The van der Waals surface area contributed by atoms with E-state index in [2.05, 4.69) is 10.1 Å². The van der Waals surface area contributed by atoms with E-state index in [4.69, 9.17) is 9.26 Å². The molecular formula is C17H20N4O4. The van der Waals surface area contributed by atoms with Gasteiger partial charge in [-0.05, 0) is 31.5 Å². The van der Waals surface area contributed by atoms with Gasteiger partial charge in [0.1, 0.15) is 24.9 Å². The van der Waals surface area contributed by atoms with Crippen LogP contribution in [-0.4, -0.2) is 51.5 Å². The van der Waals surface area contributed by atoms with Gasteiger partial charge in [0.2, 0.25) is 17.7 Å². The van der Waals surface area contributed by atoms with Crippen LogP contribution in [0.25, 0.3) is 0 Å². The van der Waals surface area contributed by atoms with Crippen molar-refractivity contribution in [2.24, 2.45) is 0 Å². The molecule has 1 fully saturated rings. The highest BCUT2D eigenvalue weighted by Gasteiger charge is 2.37. The predicted molar refractivity (Wildman–Crippen MR) is 87.5 cm³/mol. The van der Waals surface area contributed by atoms with Gasteiger partial charge < -0.3 is 19.1 Å². The van der Waals surface area contributed by atoms with E-state index in [1.165, 1.54) is 4.90 Å². The number of nitrogens with zero attached hydrogens (tertiary/aromatic N) is 4. The van der Waals surface area contributed by atoms with E-state index < -0.39 is 6.04 Å². The van der Waals surface area contributed by atoms with Gasteiger partial charge >= 0.3 is 0 Å². The summed E-state index contributed by atoms with van der Waals surface area (Å²) in [6, 6.07) is 6.86. The monoisotopic (exact) mass is 344 g/mol. The molecule has 8 heteroatoms. The summed E-state index contributed by atoms with van der Waals surface area (Å²) in [6.45, 7) is 3.97. The normalized spacial score (nSPS) is 18.0. The molecule has 1 aromatic carbocycles. The van der Waals surface area contributed by atoms with Gasteiger partial charge in [0.25, 0.3) is 0 Å². The minimum atomic E-state index is -0.577. The van der Waals surface area contributed by atoms with Crippen LogP contribution in [0.2, 0.25) is 0 Å². The van der Waals surface area contributed by atoms with Crippen LogP contribution in [0, 0.1) is 6.92 Å². The van der Waals surface area contributed by atoms with Crippen molar-refractivity contribution in [1.29, 1.82) is 0 Å².